The fraction of sp³-hybridized carbons (Fsp3) is 0.333. The molecule has 0 radical (unpaired) electrons. The monoisotopic (exact) mass is 246 g/mol. The van der Waals surface area contributed by atoms with Crippen LogP contribution in [0, 0.1) is 0 Å². The fourth-order valence-electron chi connectivity index (χ4n) is 1.67. The molecule has 2 aromatic heterocycles. The maximum Gasteiger partial charge on any atom is 0.142 e. The number of rotatable bonds is 7. The first-order valence-electron chi connectivity index (χ1n) is 6.02. The molecule has 2 aromatic rings. The van der Waals surface area contributed by atoms with Crippen LogP contribution in [0.15, 0.2) is 36.9 Å². The van der Waals surface area contributed by atoms with Crippen LogP contribution < -0.4 is 16.6 Å². The lowest BCUT2D eigenvalue weighted by Crippen LogP contribution is -2.10. The standard InChI is InChI=1S/C12H18N6/c13-17-12-5-3-4-11(16-12)15-6-1-2-8-18-9-7-14-10-18/h3-5,7,9-10H,1-2,6,8,13H2,(H2,15,16,17). The van der Waals surface area contributed by atoms with E-state index in [-0.39, 0.29) is 0 Å². The summed E-state index contributed by atoms with van der Waals surface area (Å²) in [6, 6.07) is 5.66. The maximum absolute atomic E-state index is 5.30. The summed E-state index contributed by atoms with van der Waals surface area (Å²) in [5.74, 6) is 6.81. The van der Waals surface area contributed by atoms with Gasteiger partial charge in [0.1, 0.15) is 11.6 Å². The van der Waals surface area contributed by atoms with Crippen molar-refractivity contribution < 1.29 is 0 Å². The van der Waals surface area contributed by atoms with E-state index in [4.69, 9.17) is 5.84 Å². The van der Waals surface area contributed by atoms with Gasteiger partial charge in [0.05, 0.1) is 6.33 Å². The van der Waals surface area contributed by atoms with Crippen molar-refractivity contribution >= 4 is 11.6 Å². The number of nitrogens with two attached hydrogens (primary N) is 1. The molecule has 0 unspecified atom stereocenters. The Morgan fingerprint density at radius 3 is 2.89 bits per heavy atom. The third kappa shape index (κ3) is 3.74. The van der Waals surface area contributed by atoms with Crippen molar-refractivity contribution in [1.82, 2.24) is 14.5 Å². The zero-order valence-corrected chi connectivity index (χ0v) is 10.2. The zero-order valence-electron chi connectivity index (χ0n) is 10.2. The van der Waals surface area contributed by atoms with Crippen molar-refractivity contribution in [2.45, 2.75) is 19.4 Å². The quantitative estimate of drug-likeness (QED) is 0.391. The summed E-state index contributed by atoms with van der Waals surface area (Å²) in [7, 11) is 0. The molecular formula is C12H18N6. The molecule has 0 saturated carbocycles. The molecule has 0 aromatic carbocycles. The topological polar surface area (TPSA) is 80.8 Å². The Morgan fingerprint density at radius 1 is 1.22 bits per heavy atom. The van der Waals surface area contributed by atoms with Crippen molar-refractivity contribution in [2.24, 2.45) is 5.84 Å². The Kier molecular flexibility index (Phi) is 4.54. The maximum atomic E-state index is 5.30. The highest BCUT2D eigenvalue weighted by atomic mass is 15.3. The lowest BCUT2D eigenvalue weighted by atomic mass is 10.3. The van der Waals surface area contributed by atoms with Crippen LogP contribution >= 0.6 is 0 Å². The highest BCUT2D eigenvalue weighted by Gasteiger charge is 1.95. The number of hydrogen-bond acceptors (Lipinski definition) is 5. The summed E-state index contributed by atoms with van der Waals surface area (Å²) in [5, 5.41) is 3.27. The molecule has 6 heteroatoms. The van der Waals surface area contributed by atoms with Crippen molar-refractivity contribution in [2.75, 3.05) is 17.3 Å². The second-order valence-electron chi connectivity index (χ2n) is 3.99. The van der Waals surface area contributed by atoms with Gasteiger partial charge in [-0.15, -0.1) is 0 Å². The molecule has 0 aliphatic heterocycles. The SMILES string of the molecule is NNc1cccc(NCCCCn2ccnc2)n1. The second-order valence-corrected chi connectivity index (χ2v) is 3.99. The largest absolute Gasteiger partial charge is 0.370 e. The van der Waals surface area contributed by atoms with Gasteiger partial charge in [0.2, 0.25) is 0 Å². The Bertz CT molecular complexity index is 453. The number of hydrazine groups is 1. The fourth-order valence-corrected chi connectivity index (χ4v) is 1.67. The average molecular weight is 246 g/mol. The third-order valence-corrected chi connectivity index (χ3v) is 2.61. The van der Waals surface area contributed by atoms with Crippen LogP contribution in [-0.4, -0.2) is 21.1 Å². The van der Waals surface area contributed by atoms with Crippen molar-refractivity contribution in [3.63, 3.8) is 0 Å². The lowest BCUT2D eigenvalue weighted by molar-refractivity contribution is 0.621. The first-order chi connectivity index (χ1) is 8.88. The Morgan fingerprint density at radius 2 is 2.11 bits per heavy atom. The van der Waals surface area contributed by atoms with Crippen LogP contribution in [0.2, 0.25) is 0 Å². The normalized spacial score (nSPS) is 10.3. The highest BCUT2D eigenvalue weighted by molar-refractivity contribution is 5.44. The van der Waals surface area contributed by atoms with Gasteiger partial charge in [0.25, 0.3) is 0 Å². The van der Waals surface area contributed by atoms with Gasteiger partial charge < -0.3 is 15.3 Å². The second kappa shape index (κ2) is 6.61. The van der Waals surface area contributed by atoms with Gasteiger partial charge in [0, 0.05) is 25.5 Å². The number of aryl methyl sites for hydroxylation is 1. The zero-order chi connectivity index (χ0) is 12.6. The number of pyridine rings is 1. The van der Waals surface area contributed by atoms with E-state index in [1.807, 2.05) is 30.7 Å². The summed E-state index contributed by atoms with van der Waals surface area (Å²) in [4.78, 5) is 8.28. The number of nitrogens with one attached hydrogen (secondary N) is 2. The number of anilines is 2. The number of hydrogen-bond donors (Lipinski definition) is 3. The number of imidazole rings is 1. The third-order valence-electron chi connectivity index (χ3n) is 2.61. The molecule has 4 N–H and O–H groups in total. The molecule has 0 atom stereocenters. The minimum Gasteiger partial charge on any atom is -0.370 e. The predicted molar refractivity (Wildman–Crippen MR) is 72.0 cm³/mol. The van der Waals surface area contributed by atoms with Crippen molar-refractivity contribution in [3.8, 4) is 0 Å². The van der Waals surface area contributed by atoms with Crippen LogP contribution in [0.4, 0.5) is 11.6 Å². The minimum atomic E-state index is 0.665. The molecule has 0 aliphatic rings. The molecule has 0 amide bonds. The van der Waals surface area contributed by atoms with Crippen molar-refractivity contribution in [3.05, 3.63) is 36.9 Å². The Balaban J connectivity index is 1.65. The number of nitrogens with zero attached hydrogens (tertiary/aromatic N) is 3. The molecule has 0 saturated heterocycles. The van der Waals surface area contributed by atoms with E-state index in [0.29, 0.717) is 5.82 Å². The molecule has 0 fully saturated rings. The van der Waals surface area contributed by atoms with Crippen LogP contribution in [0.25, 0.3) is 0 Å². The van der Waals surface area contributed by atoms with Gasteiger partial charge in [-0.05, 0) is 25.0 Å². The highest BCUT2D eigenvalue weighted by Crippen LogP contribution is 2.07. The molecule has 6 nitrogen and oxygen atoms in total. The average Bonchev–Trinajstić information content (AvgIpc) is 2.92. The molecule has 0 bridgehead atoms. The summed E-state index contributed by atoms with van der Waals surface area (Å²) in [5.41, 5.74) is 2.53. The molecule has 0 spiro atoms. The summed E-state index contributed by atoms with van der Waals surface area (Å²) >= 11 is 0. The molecular weight excluding hydrogens is 228 g/mol. The molecule has 18 heavy (non-hydrogen) atoms. The van der Waals surface area contributed by atoms with Gasteiger partial charge in [0.15, 0.2) is 0 Å². The van der Waals surface area contributed by atoms with E-state index in [1.54, 1.807) is 6.20 Å². The van der Waals surface area contributed by atoms with Gasteiger partial charge in [-0.3, -0.25) is 0 Å². The number of aromatic nitrogens is 3. The molecule has 0 aliphatic carbocycles. The van der Waals surface area contributed by atoms with E-state index >= 15 is 0 Å². The Labute approximate surface area is 106 Å². The summed E-state index contributed by atoms with van der Waals surface area (Å²) < 4.78 is 2.08. The van der Waals surface area contributed by atoms with Gasteiger partial charge in [-0.1, -0.05) is 6.07 Å². The van der Waals surface area contributed by atoms with E-state index < -0.39 is 0 Å². The number of nitrogen functional groups attached to an aromatic ring is 1. The minimum absolute atomic E-state index is 0.665. The van der Waals surface area contributed by atoms with E-state index in [9.17, 15) is 0 Å². The first kappa shape index (κ1) is 12.4. The van der Waals surface area contributed by atoms with Crippen LogP contribution in [0.1, 0.15) is 12.8 Å². The Hall–Kier alpha value is -2.08. The van der Waals surface area contributed by atoms with Gasteiger partial charge >= 0.3 is 0 Å². The van der Waals surface area contributed by atoms with Crippen molar-refractivity contribution in [1.29, 1.82) is 0 Å². The molecule has 2 rings (SSSR count). The van der Waals surface area contributed by atoms with Crippen LogP contribution in [-0.2, 0) is 6.54 Å². The predicted octanol–water partition coefficient (Wildman–Crippen LogP) is 1.46. The van der Waals surface area contributed by atoms with E-state index in [2.05, 4.69) is 25.3 Å². The van der Waals surface area contributed by atoms with Crippen LogP contribution in [0.5, 0.6) is 0 Å². The smallest absolute Gasteiger partial charge is 0.142 e. The summed E-state index contributed by atoms with van der Waals surface area (Å²) in [6.07, 6.45) is 7.81. The lowest BCUT2D eigenvalue weighted by Gasteiger charge is -2.07. The molecule has 96 valence electrons. The molecule has 2 heterocycles. The van der Waals surface area contributed by atoms with E-state index in [1.165, 1.54) is 0 Å². The van der Waals surface area contributed by atoms with Crippen LogP contribution in [0.3, 0.4) is 0 Å². The first-order valence-corrected chi connectivity index (χ1v) is 6.02. The number of unbranched alkanes of at least 4 members (excludes halogenated alkanes) is 1. The van der Waals surface area contributed by atoms with Gasteiger partial charge in [-0.25, -0.2) is 15.8 Å². The summed E-state index contributed by atoms with van der Waals surface area (Å²) in [6.45, 7) is 1.90. The van der Waals surface area contributed by atoms with E-state index in [0.717, 1.165) is 31.7 Å². The van der Waals surface area contributed by atoms with Gasteiger partial charge in [-0.2, -0.15) is 0 Å².